The zero-order chi connectivity index (χ0) is 20.2. The molecule has 0 radical (unpaired) electrons. The van der Waals surface area contributed by atoms with Crippen molar-refractivity contribution in [1.82, 2.24) is 14.5 Å². The molecule has 1 heterocycles. The summed E-state index contributed by atoms with van der Waals surface area (Å²) in [5.41, 5.74) is -0.940. The van der Waals surface area contributed by atoms with Crippen molar-refractivity contribution in [3.63, 3.8) is 0 Å². The molecule has 1 fully saturated rings. The predicted octanol–water partition coefficient (Wildman–Crippen LogP) is 1.19. The summed E-state index contributed by atoms with van der Waals surface area (Å²) in [7, 11) is -3.68. The highest BCUT2D eigenvalue weighted by Gasteiger charge is 2.32. The van der Waals surface area contributed by atoms with Gasteiger partial charge < -0.3 is 5.32 Å². The molecule has 0 unspecified atom stereocenters. The number of carbonyl (C=O) groups is 1. The van der Waals surface area contributed by atoms with E-state index >= 15 is 0 Å². The van der Waals surface area contributed by atoms with E-state index in [0.717, 1.165) is 12.1 Å². The normalized spacial score (nSPS) is 18.7. The van der Waals surface area contributed by atoms with Crippen LogP contribution in [0.25, 0.3) is 0 Å². The summed E-state index contributed by atoms with van der Waals surface area (Å²) in [6, 6.07) is 6.87. The summed E-state index contributed by atoms with van der Waals surface area (Å²) in [6.07, 6.45) is 0. The number of carbonyl (C=O) groups excluding carboxylic acids is 1. The summed E-state index contributed by atoms with van der Waals surface area (Å²) in [5.74, 6) is -0.790. The molecule has 1 aliphatic heterocycles. The Labute approximate surface area is 159 Å². The lowest BCUT2D eigenvalue weighted by Gasteiger charge is -2.34. The third-order valence-electron chi connectivity index (χ3n) is 4.94. The number of sulfonamides is 1. The van der Waals surface area contributed by atoms with E-state index in [1.807, 2.05) is 18.7 Å². The second kappa shape index (κ2) is 8.33. The van der Waals surface area contributed by atoms with E-state index in [1.54, 1.807) is 6.92 Å². The number of rotatable bonds is 6. The molecule has 148 valence electrons. The topological polar surface area (TPSA) is 93.5 Å². The van der Waals surface area contributed by atoms with Gasteiger partial charge in [-0.2, -0.15) is 9.57 Å². The average molecular weight is 396 g/mol. The van der Waals surface area contributed by atoms with Gasteiger partial charge in [0.1, 0.15) is 11.4 Å². The number of nitrogens with zero attached hydrogens (tertiary/aromatic N) is 3. The summed E-state index contributed by atoms with van der Waals surface area (Å²) in [6.45, 7) is 6.80. The van der Waals surface area contributed by atoms with Gasteiger partial charge in [-0.15, -0.1) is 0 Å². The molecule has 1 N–H and O–H groups in total. The molecule has 1 amide bonds. The highest BCUT2D eigenvalue weighted by atomic mass is 32.2. The number of hydrogen-bond acceptors (Lipinski definition) is 5. The number of nitrogens with one attached hydrogen (secondary N) is 1. The number of hydrogen-bond donors (Lipinski definition) is 1. The molecule has 1 atom stereocenters. The monoisotopic (exact) mass is 396 g/mol. The smallest absolute Gasteiger partial charge is 0.243 e. The van der Waals surface area contributed by atoms with E-state index < -0.39 is 21.4 Å². The summed E-state index contributed by atoms with van der Waals surface area (Å²) in [5, 5.41) is 12.0. The second-order valence-corrected chi connectivity index (χ2v) is 9.09. The minimum Gasteiger partial charge on any atom is -0.337 e. The van der Waals surface area contributed by atoms with Gasteiger partial charge in [0.15, 0.2) is 0 Å². The van der Waals surface area contributed by atoms with Crippen molar-refractivity contribution in [3.05, 3.63) is 30.1 Å². The van der Waals surface area contributed by atoms with Crippen LogP contribution in [0.4, 0.5) is 4.39 Å². The van der Waals surface area contributed by atoms with E-state index in [4.69, 9.17) is 0 Å². The second-order valence-electron chi connectivity index (χ2n) is 7.15. The SMILES string of the molecule is CC(C)[C@](C)(C#N)NC(=O)CN1CCN(S(=O)(=O)c2ccc(F)cc2)CC1. The number of halogens is 1. The van der Waals surface area contributed by atoms with Crippen LogP contribution in [0.2, 0.25) is 0 Å². The minimum atomic E-state index is -3.68. The van der Waals surface area contributed by atoms with Gasteiger partial charge in [0.2, 0.25) is 15.9 Å². The lowest BCUT2D eigenvalue weighted by atomic mass is 9.90. The summed E-state index contributed by atoms with van der Waals surface area (Å²) < 4.78 is 39.5. The highest BCUT2D eigenvalue weighted by Crippen LogP contribution is 2.18. The highest BCUT2D eigenvalue weighted by molar-refractivity contribution is 7.89. The van der Waals surface area contributed by atoms with Crippen LogP contribution in [0.15, 0.2) is 29.2 Å². The Balaban J connectivity index is 1.92. The van der Waals surface area contributed by atoms with Crippen LogP contribution in [0.5, 0.6) is 0 Å². The first-order chi connectivity index (χ1) is 12.6. The van der Waals surface area contributed by atoms with Gasteiger partial charge in [-0.25, -0.2) is 12.8 Å². The van der Waals surface area contributed by atoms with Gasteiger partial charge >= 0.3 is 0 Å². The van der Waals surface area contributed by atoms with Gasteiger partial charge in [0, 0.05) is 26.2 Å². The van der Waals surface area contributed by atoms with E-state index in [-0.39, 0.29) is 36.4 Å². The molecule has 0 aromatic heterocycles. The molecule has 9 heteroatoms. The Bertz CT molecular complexity index is 812. The molecule has 1 aromatic carbocycles. The molecular formula is C18H25FN4O3S. The average Bonchev–Trinajstić information content (AvgIpc) is 2.62. The molecule has 0 aliphatic carbocycles. The maximum atomic E-state index is 13.0. The van der Waals surface area contributed by atoms with Crippen LogP contribution in [-0.4, -0.2) is 61.8 Å². The largest absolute Gasteiger partial charge is 0.337 e. The van der Waals surface area contributed by atoms with Crippen LogP contribution < -0.4 is 5.32 Å². The third kappa shape index (κ3) is 5.03. The molecule has 0 saturated carbocycles. The fraction of sp³-hybridized carbons (Fsp3) is 0.556. The lowest BCUT2D eigenvalue weighted by Crippen LogP contribution is -2.55. The van der Waals surface area contributed by atoms with Crippen molar-refractivity contribution in [1.29, 1.82) is 5.26 Å². The Hall–Kier alpha value is -2.02. The van der Waals surface area contributed by atoms with Crippen molar-refractivity contribution < 1.29 is 17.6 Å². The van der Waals surface area contributed by atoms with Crippen LogP contribution in [0.3, 0.4) is 0 Å². The Kier molecular flexibility index (Phi) is 6.57. The van der Waals surface area contributed by atoms with Crippen molar-refractivity contribution in [2.24, 2.45) is 5.92 Å². The van der Waals surface area contributed by atoms with Crippen molar-refractivity contribution in [2.75, 3.05) is 32.7 Å². The first kappa shape index (κ1) is 21.3. The zero-order valence-electron chi connectivity index (χ0n) is 15.8. The van der Waals surface area contributed by atoms with Gasteiger partial charge in [-0.3, -0.25) is 9.69 Å². The zero-order valence-corrected chi connectivity index (χ0v) is 16.6. The maximum Gasteiger partial charge on any atom is 0.243 e. The fourth-order valence-electron chi connectivity index (χ4n) is 2.72. The van der Waals surface area contributed by atoms with E-state index in [2.05, 4.69) is 11.4 Å². The number of benzene rings is 1. The third-order valence-corrected chi connectivity index (χ3v) is 6.85. The molecule has 1 saturated heterocycles. The van der Waals surface area contributed by atoms with E-state index in [1.165, 1.54) is 16.4 Å². The Morgan fingerprint density at radius 1 is 1.26 bits per heavy atom. The first-order valence-electron chi connectivity index (χ1n) is 8.79. The molecule has 2 rings (SSSR count). The van der Waals surface area contributed by atoms with Gasteiger partial charge in [-0.05, 0) is 37.1 Å². The lowest BCUT2D eigenvalue weighted by molar-refractivity contribution is -0.124. The van der Waals surface area contributed by atoms with Gasteiger partial charge in [-0.1, -0.05) is 13.8 Å². The molecule has 7 nitrogen and oxygen atoms in total. The molecule has 27 heavy (non-hydrogen) atoms. The molecule has 0 spiro atoms. The Morgan fingerprint density at radius 3 is 2.30 bits per heavy atom. The van der Waals surface area contributed by atoms with E-state index in [0.29, 0.717) is 13.1 Å². The van der Waals surface area contributed by atoms with Crippen molar-refractivity contribution >= 4 is 15.9 Å². The summed E-state index contributed by atoms with van der Waals surface area (Å²) in [4.78, 5) is 14.2. The molecular weight excluding hydrogens is 371 g/mol. The number of nitriles is 1. The van der Waals surface area contributed by atoms with Crippen LogP contribution in [0.1, 0.15) is 20.8 Å². The van der Waals surface area contributed by atoms with Crippen LogP contribution in [-0.2, 0) is 14.8 Å². The summed E-state index contributed by atoms with van der Waals surface area (Å²) >= 11 is 0. The van der Waals surface area contributed by atoms with E-state index in [9.17, 15) is 22.9 Å². The number of amides is 1. The fourth-order valence-corrected chi connectivity index (χ4v) is 4.14. The number of piperazine rings is 1. The van der Waals surface area contributed by atoms with Gasteiger partial charge in [0.25, 0.3) is 0 Å². The Morgan fingerprint density at radius 2 is 1.81 bits per heavy atom. The van der Waals surface area contributed by atoms with Gasteiger partial charge in [0.05, 0.1) is 17.5 Å². The quantitative estimate of drug-likeness (QED) is 0.780. The molecule has 1 aliphatic rings. The maximum absolute atomic E-state index is 13.0. The standard InChI is InChI=1S/C18H25FN4O3S/c1-14(2)18(3,13-20)21-17(24)12-22-8-10-23(11-9-22)27(25,26)16-6-4-15(19)5-7-16/h4-7,14H,8-12H2,1-3H3,(H,21,24)/t18-/m0/s1. The minimum absolute atomic E-state index is 0.0378. The van der Waals surface area contributed by atoms with Crippen molar-refractivity contribution in [2.45, 2.75) is 31.2 Å². The first-order valence-corrected chi connectivity index (χ1v) is 10.2. The van der Waals surface area contributed by atoms with Crippen LogP contribution in [0, 0.1) is 23.1 Å². The predicted molar refractivity (Wildman–Crippen MR) is 98.6 cm³/mol. The molecule has 1 aromatic rings. The molecule has 0 bridgehead atoms. The van der Waals surface area contributed by atoms with Crippen molar-refractivity contribution in [3.8, 4) is 6.07 Å². The van der Waals surface area contributed by atoms with Crippen LogP contribution >= 0.6 is 0 Å².